The molecule has 0 radical (unpaired) electrons. The molecule has 1 N–H and O–H groups in total. The van der Waals surface area contributed by atoms with Crippen molar-refractivity contribution in [1.82, 2.24) is 4.98 Å². The van der Waals surface area contributed by atoms with Gasteiger partial charge in [-0.2, -0.15) is 0 Å². The van der Waals surface area contributed by atoms with Crippen LogP contribution in [-0.2, 0) is 0 Å². The molecule has 0 amide bonds. The maximum atomic E-state index is 13.1. The van der Waals surface area contributed by atoms with Gasteiger partial charge >= 0.3 is 0 Å². The summed E-state index contributed by atoms with van der Waals surface area (Å²) in [5, 5.41) is 4.80. The lowest BCUT2D eigenvalue weighted by Crippen LogP contribution is -2.27. The number of Topliss-reactive ketones (excluding diaryl/α,β-unsaturated/α-hetero) is 1. The van der Waals surface area contributed by atoms with Gasteiger partial charge in [-0.1, -0.05) is 41.4 Å². The van der Waals surface area contributed by atoms with E-state index >= 15 is 0 Å². The normalized spacial score (nSPS) is 21.2. The van der Waals surface area contributed by atoms with Crippen molar-refractivity contribution in [3.63, 3.8) is 0 Å². The quantitative estimate of drug-likeness (QED) is 0.345. The fourth-order valence-corrected chi connectivity index (χ4v) is 4.61. The first-order chi connectivity index (χ1) is 13.9. The van der Waals surface area contributed by atoms with Gasteiger partial charge in [-0.15, -0.1) is 0 Å². The second-order valence-electron chi connectivity index (χ2n) is 8.58. The number of ketones is 1. The molecule has 3 rings (SSSR count). The summed E-state index contributed by atoms with van der Waals surface area (Å²) in [6.45, 7) is 8.43. The second kappa shape index (κ2) is 9.88. The molecule has 1 unspecified atom stereocenters. The molecule has 1 aromatic heterocycles. The van der Waals surface area contributed by atoms with Gasteiger partial charge in [-0.25, -0.2) is 0 Å². The first-order valence-corrected chi connectivity index (χ1v) is 11.7. The molecule has 0 bridgehead atoms. The number of allylic oxidation sites excluding steroid dienone is 2. The van der Waals surface area contributed by atoms with E-state index < -0.39 is 0 Å². The molecule has 3 nitrogen and oxygen atoms in total. The molecule has 2 aromatic rings. The molecule has 1 saturated carbocycles. The van der Waals surface area contributed by atoms with Crippen molar-refractivity contribution < 1.29 is 4.79 Å². The van der Waals surface area contributed by atoms with E-state index in [9.17, 15) is 4.79 Å². The lowest BCUT2D eigenvalue weighted by molar-refractivity contribution is 0.0928. The molecule has 1 heterocycles. The molecule has 1 aromatic carbocycles. The van der Waals surface area contributed by atoms with Crippen LogP contribution in [0.25, 0.3) is 10.9 Å². The summed E-state index contributed by atoms with van der Waals surface area (Å²) in [7, 11) is 0. The molecule has 29 heavy (non-hydrogen) atoms. The average molecular weight is 457 g/mol. The van der Waals surface area contributed by atoms with Crippen LogP contribution < -0.4 is 5.32 Å². The van der Waals surface area contributed by atoms with E-state index in [4.69, 9.17) is 0 Å². The van der Waals surface area contributed by atoms with E-state index in [-0.39, 0.29) is 11.7 Å². The van der Waals surface area contributed by atoms with Crippen LogP contribution in [0.3, 0.4) is 0 Å². The van der Waals surface area contributed by atoms with Gasteiger partial charge in [-0.3, -0.25) is 9.78 Å². The predicted molar refractivity (Wildman–Crippen MR) is 127 cm³/mol. The molecule has 156 valence electrons. The zero-order valence-corrected chi connectivity index (χ0v) is 19.7. The minimum absolute atomic E-state index is 0.00138. The Morgan fingerprint density at radius 1 is 1.31 bits per heavy atom. The zero-order valence-electron chi connectivity index (χ0n) is 18.1. The van der Waals surface area contributed by atoms with Crippen LogP contribution in [0.4, 0.5) is 5.69 Å². The Labute approximate surface area is 183 Å². The highest BCUT2D eigenvalue weighted by Gasteiger charge is 2.25. The third-order valence-electron chi connectivity index (χ3n) is 6.45. The Balaban J connectivity index is 1.87. The fraction of sp³-hybridized carbons (Fsp3) is 0.520. The zero-order chi connectivity index (χ0) is 21.0. The Hall–Kier alpha value is -1.68. The second-order valence-corrected chi connectivity index (χ2v) is 9.50. The number of hydrogen-bond acceptors (Lipinski definition) is 3. The van der Waals surface area contributed by atoms with Crippen LogP contribution in [0.15, 0.2) is 40.5 Å². The van der Waals surface area contributed by atoms with Crippen molar-refractivity contribution in [3.05, 3.63) is 46.1 Å². The van der Waals surface area contributed by atoms with E-state index in [1.165, 1.54) is 24.8 Å². The minimum Gasteiger partial charge on any atom is -0.381 e. The van der Waals surface area contributed by atoms with E-state index in [1.807, 2.05) is 19.1 Å². The number of rotatable bonds is 7. The standard InChI is InChI=1S/C25H33BrN2O/c1-5-16(3)13-18-7-10-20(11-8-18)28-24-21-14-19(26)9-12-23(21)27-15-22(24)25(29)17(4)6-2/h5,9,12,14-15,17-18,20H,6-8,10-11,13H2,1-4H3,(H,27,28)/b16-5-. The predicted octanol–water partition coefficient (Wildman–Crippen LogP) is 7.55. The Bertz CT molecular complexity index is 897. The number of halogens is 1. The van der Waals surface area contributed by atoms with E-state index in [0.717, 1.165) is 51.8 Å². The number of carbonyl (C=O) groups excluding carboxylic acids is 1. The third-order valence-corrected chi connectivity index (χ3v) is 6.95. The Morgan fingerprint density at radius 3 is 2.69 bits per heavy atom. The monoisotopic (exact) mass is 456 g/mol. The summed E-state index contributed by atoms with van der Waals surface area (Å²) in [6, 6.07) is 6.51. The van der Waals surface area contributed by atoms with Crippen molar-refractivity contribution in [3.8, 4) is 0 Å². The highest BCUT2D eigenvalue weighted by molar-refractivity contribution is 9.10. The van der Waals surface area contributed by atoms with Gasteiger partial charge in [0, 0.05) is 28.0 Å². The van der Waals surface area contributed by atoms with Gasteiger partial charge in [0.2, 0.25) is 0 Å². The molecule has 0 saturated heterocycles. The number of aromatic nitrogens is 1. The van der Waals surface area contributed by atoms with E-state index in [1.54, 1.807) is 6.20 Å². The molecule has 0 spiro atoms. The van der Waals surface area contributed by atoms with Gasteiger partial charge in [0.15, 0.2) is 5.78 Å². The van der Waals surface area contributed by atoms with Gasteiger partial charge in [0.25, 0.3) is 0 Å². The SMILES string of the molecule is C/C=C(/C)CC1CCC(Nc2c(C(=O)C(C)CC)cnc3ccc(Br)cc23)CC1. The number of anilines is 1. The summed E-state index contributed by atoms with van der Waals surface area (Å²) in [6.07, 6.45) is 10.8. The minimum atomic E-state index is 0.00138. The number of carbonyl (C=O) groups is 1. The van der Waals surface area contributed by atoms with Crippen LogP contribution in [0, 0.1) is 11.8 Å². The molecule has 1 fully saturated rings. The van der Waals surface area contributed by atoms with Crippen molar-refractivity contribution in [2.75, 3.05) is 5.32 Å². The lowest BCUT2D eigenvalue weighted by Gasteiger charge is -2.31. The maximum Gasteiger partial charge on any atom is 0.169 e. The number of fused-ring (bicyclic) bond motifs is 1. The molecule has 1 aliphatic carbocycles. The van der Waals surface area contributed by atoms with E-state index in [0.29, 0.717) is 6.04 Å². The average Bonchev–Trinajstić information content (AvgIpc) is 2.74. The van der Waals surface area contributed by atoms with Crippen molar-refractivity contribution in [2.24, 2.45) is 11.8 Å². The third kappa shape index (κ3) is 5.28. The summed E-state index contributed by atoms with van der Waals surface area (Å²) in [5.74, 6) is 0.969. The van der Waals surface area contributed by atoms with Gasteiger partial charge in [0.1, 0.15) is 0 Å². The van der Waals surface area contributed by atoms with E-state index in [2.05, 4.69) is 59.1 Å². The molecule has 0 aliphatic heterocycles. The van der Waals surface area contributed by atoms with Crippen LogP contribution >= 0.6 is 15.9 Å². The summed E-state index contributed by atoms with van der Waals surface area (Å²) in [4.78, 5) is 17.7. The number of nitrogens with zero attached hydrogens (tertiary/aromatic N) is 1. The Kier molecular flexibility index (Phi) is 7.50. The smallest absolute Gasteiger partial charge is 0.169 e. The summed E-state index contributed by atoms with van der Waals surface area (Å²) >= 11 is 3.59. The molecular formula is C25H33BrN2O. The number of pyridine rings is 1. The molecule has 1 aliphatic rings. The Morgan fingerprint density at radius 2 is 2.03 bits per heavy atom. The fourth-order valence-electron chi connectivity index (χ4n) is 4.25. The summed E-state index contributed by atoms with van der Waals surface area (Å²) < 4.78 is 1.01. The summed E-state index contributed by atoms with van der Waals surface area (Å²) in [5.41, 5.74) is 4.12. The van der Waals surface area contributed by atoms with Crippen LogP contribution in [0.2, 0.25) is 0 Å². The topological polar surface area (TPSA) is 42.0 Å². The lowest BCUT2D eigenvalue weighted by atomic mass is 9.82. The first-order valence-electron chi connectivity index (χ1n) is 10.9. The van der Waals surface area contributed by atoms with Crippen molar-refractivity contribution in [1.29, 1.82) is 0 Å². The van der Waals surface area contributed by atoms with Crippen LogP contribution in [-0.4, -0.2) is 16.8 Å². The van der Waals surface area contributed by atoms with Gasteiger partial charge in [-0.05, 0) is 76.5 Å². The first kappa shape index (κ1) is 22.0. The molecular weight excluding hydrogens is 424 g/mol. The van der Waals surface area contributed by atoms with Gasteiger partial charge in [0.05, 0.1) is 16.8 Å². The van der Waals surface area contributed by atoms with Crippen LogP contribution in [0.5, 0.6) is 0 Å². The van der Waals surface area contributed by atoms with Crippen LogP contribution in [0.1, 0.15) is 76.6 Å². The largest absolute Gasteiger partial charge is 0.381 e. The number of benzene rings is 1. The number of hydrogen-bond donors (Lipinski definition) is 1. The van der Waals surface area contributed by atoms with Crippen molar-refractivity contribution >= 4 is 38.3 Å². The molecule has 1 atom stereocenters. The highest BCUT2D eigenvalue weighted by atomic mass is 79.9. The van der Waals surface area contributed by atoms with Gasteiger partial charge < -0.3 is 5.32 Å². The number of nitrogens with one attached hydrogen (secondary N) is 1. The van der Waals surface area contributed by atoms with Crippen molar-refractivity contribution in [2.45, 2.75) is 72.3 Å². The highest BCUT2D eigenvalue weighted by Crippen LogP contribution is 2.35. The maximum absolute atomic E-state index is 13.1. The molecule has 4 heteroatoms.